The Hall–Kier alpha value is -1.91. The third-order valence-electron chi connectivity index (χ3n) is 4.10. The number of aromatic amines is 1. The van der Waals surface area contributed by atoms with Crippen LogP contribution in [0.15, 0.2) is 0 Å². The lowest BCUT2D eigenvalue weighted by Gasteiger charge is -2.08. The van der Waals surface area contributed by atoms with Gasteiger partial charge in [0.25, 0.3) is 0 Å². The van der Waals surface area contributed by atoms with E-state index >= 15 is 0 Å². The highest BCUT2D eigenvalue weighted by Gasteiger charge is 2.26. The Kier molecular flexibility index (Phi) is 4.60. The van der Waals surface area contributed by atoms with Gasteiger partial charge >= 0.3 is 5.97 Å². The van der Waals surface area contributed by atoms with Crippen LogP contribution in [0.4, 0.5) is 0 Å². The van der Waals surface area contributed by atoms with Gasteiger partial charge in [0.1, 0.15) is 0 Å². The summed E-state index contributed by atoms with van der Waals surface area (Å²) < 4.78 is 5.11. The standard InChI is InChI=1S/C16H21NO4/c1-9-14(11(3)18)10(2)17-15(9)13(19)8-21-16(20)12-6-4-5-7-12/h12,17H,4-8H2,1-3H3. The van der Waals surface area contributed by atoms with Crippen molar-refractivity contribution in [3.8, 4) is 0 Å². The summed E-state index contributed by atoms with van der Waals surface area (Å²) >= 11 is 0. The largest absolute Gasteiger partial charge is 0.457 e. The minimum absolute atomic E-state index is 0.0583. The number of carbonyl (C=O) groups excluding carboxylic acids is 3. The molecule has 1 heterocycles. The third-order valence-corrected chi connectivity index (χ3v) is 4.10. The summed E-state index contributed by atoms with van der Waals surface area (Å²) in [6.45, 7) is 4.68. The van der Waals surface area contributed by atoms with E-state index in [0.717, 1.165) is 25.7 Å². The van der Waals surface area contributed by atoms with Crippen molar-refractivity contribution in [1.29, 1.82) is 0 Å². The molecular weight excluding hydrogens is 270 g/mol. The Labute approximate surface area is 124 Å². The van der Waals surface area contributed by atoms with E-state index in [1.807, 2.05) is 0 Å². The van der Waals surface area contributed by atoms with Crippen molar-refractivity contribution in [1.82, 2.24) is 4.98 Å². The molecule has 21 heavy (non-hydrogen) atoms. The normalized spacial score (nSPS) is 15.2. The Bertz CT molecular complexity index is 579. The maximum Gasteiger partial charge on any atom is 0.309 e. The number of Topliss-reactive ketones (excluding diaryl/α,β-unsaturated/α-hetero) is 2. The van der Waals surface area contributed by atoms with Crippen LogP contribution in [-0.4, -0.2) is 29.1 Å². The molecule has 1 aromatic rings. The lowest BCUT2D eigenvalue weighted by Crippen LogP contribution is -2.20. The molecule has 0 aromatic carbocycles. The topological polar surface area (TPSA) is 76.2 Å². The van der Waals surface area contributed by atoms with E-state index in [1.54, 1.807) is 13.8 Å². The molecule has 114 valence electrons. The third kappa shape index (κ3) is 3.23. The Morgan fingerprint density at radius 1 is 1.19 bits per heavy atom. The van der Waals surface area contributed by atoms with E-state index in [1.165, 1.54) is 6.92 Å². The van der Waals surface area contributed by atoms with Crippen LogP contribution in [0.3, 0.4) is 0 Å². The summed E-state index contributed by atoms with van der Waals surface area (Å²) in [4.78, 5) is 38.4. The molecule has 0 atom stereocenters. The lowest BCUT2D eigenvalue weighted by molar-refractivity contribution is -0.147. The van der Waals surface area contributed by atoms with Gasteiger partial charge in [-0.3, -0.25) is 14.4 Å². The van der Waals surface area contributed by atoms with Gasteiger partial charge in [0.15, 0.2) is 12.4 Å². The number of ketones is 2. The summed E-state index contributed by atoms with van der Waals surface area (Å²) in [6.07, 6.45) is 3.79. The van der Waals surface area contributed by atoms with Crippen molar-refractivity contribution < 1.29 is 19.1 Å². The molecule has 0 amide bonds. The van der Waals surface area contributed by atoms with Crippen molar-refractivity contribution in [3.63, 3.8) is 0 Å². The summed E-state index contributed by atoms with van der Waals surface area (Å²) in [7, 11) is 0. The predicted octanol–water partition coefficient (Wildman–Crippen LogP) is 2.75. The first-order valence-electron chi connectivity index (χ1n) is 7.31. The number of rotatable bonds is 5. The van der Waals surface area contributed by atoms with Crippen LogP contribution >= 0.6 is 0 Å². The van der Waals surface area contributed by atoms with E-state index in [9.17, 15) is 14.4 Å². The highest BCUT2D eigenvalue weighted by Crippen LogP contribution is 2.26. The highest BCUT2D eigenvalue weighted by atomic mass is 16.5. The first kappa shape index (κ1) is 15.5. The van der Waals surface area contributed by atoms with Crippen molar-refractivity contribution >= 4 is 17.5 Å². The fraction of sp³-hybridized carbons (Fsp3) is 0.562. The van der Waals surface area contributed by atoms with Gasteiger partial charge in [-0.05, 0) is 39.2 Å². The molecule has 1 aromatic heterocycles. The number of hydrogen-bond acceptors (Lipinski definition) is 4. The summed E-state index contributed by atoms with van der Waals surface area (Å²) in [5.74, 6) is -0.719. The Morgan fingerprint density at radius 2 is 1.81 bits per heavy atom. The van der Waals surface area contributed by atoms with Gasteiger partial charge in [0.05, 0.1) is 11.6 Å². The second kappa shape index (κ2) is 6.24. The maximum absolute atomic E-state index is 12.2. The maximum atomic E-state index is 12.2. The van der Waals surface area contributed by atoms with Crippen molar-refractivity contribution in [2.24, 2.45) is 5.92 Å². The van der Waals surface area contributed by atoms with Gasteiger partial charge in [0.2, 0.25) is 5.78 Å². The first-order valence-corrected chi connectivity index (χ1v) is 7.31. The molecule has 1 saturated carbocycles. The monoisotopic (exact) mass is 291 g/mol. The molecule has 1 aliphatic rings. The van der Waals surface area contributed by atoms with Gasteiger partial charge in [0, 0.05) is 11.3 Å². The van der Waals surface area contributed by atoms with Crippen LogP contribution in [0, 0.1) is 19.8 Å². The lowest BCUT2D eigenvalue weighted by atomic mass is 10.1. The fourth-order valence-corrected chi connectivity index (χ4v) is 3.05. The van der Waals surface area contributed by atoms with Crippen LogP contribution < -0.4 is 0 Å². The zero-order valence-electron chi connectivity index (χ0n) is 12.7. The van der Waals surface area contributed by atoms with Crippen molar-refractivity contribution in [2.45, 2.75) is 46.5 Å². The van der Waals surface area contributed by atoms with E-state index in [0.29, 0.717) is 22.5 Å². The van der Waals surface area contributed by atoms with E-state index in [4.69, 9.17) is 4.74 Å². The summed E-state index contributed by atoms with van der Waals surface area (Å²) in [6, 6.07) is 0. The van der Waals surface area contributed by atoms with Crippen molar-refractivity contribution in [2.75, 3.05) is 6.61 Å². The first-order chi connectivity index (χ1) is 9.91. The van der Waals surface area contributed by atoms with Gasteiger partial charge in [-0.25, -0.2) is 0 Å². The predicted molar refractivity (Wildman–Crippen MR) is 77.5 cm³/mol. The van der Waals surface area contributed by atoms with Crippen LogP contribution in [0.1, 0.15) is 64.7 Å². The summed E-state index contributed by atoms with van der Waals surface area (Å²) in [5.41, 5.74) is 2.20. The second-order valence-electron chi connectivity index (χ2n) is 5.69. The van der Waals surface area contributed by atoms with Crippen LogP contribution in [0.25, 0.3) is 0 Å². The molecule has 1 aliphatic carbocycles. The minimum Gasteiger partial charge on any atom is -0.457 e. The average molecular weight is 291 g/mol. The number of nitrogens with one attached hydrogen (secondary N) is 1. The molecule has 0 bridgehead atoms. The quantitative estimate of drug-likeness (QED) is 0.668. The molecule has 5 nitrogen and oxygen atoms in total. The van der Waals surface area contributed by atoms with Gasteiger partial charge < -0.3 is 9.72 Å². The number of ether oxygens (including phenoxy) is 1. The summed E-state index contributed by atoms with van der Waals surface area (Å²) in [5, 5.41) is 0. The molecule has 0 radical (unpaired) electrons. The minimum atomic E-state index is -0.297. The number of aromatic nitrogens is 1. The Morgan fingerprint density at radius 3 is 2.33 bits per heavy atom. The number of H-pyrrole nitrogens is 1. The molecule has 0 unspecified atom stereocenters. The van der Waals surface area contributed by atoms with Crippen LogP contribution in [-0.2, 0) is 9.53 Å². The van der Waals surface area contributed by atoms with Gasteiger partial charge in [-0.2, -0.15) is 0 Å². The molecule has 0 spiro atoms. The number of aryl methyl sites for hydroxylation is 1. The molecule has 2 rings (SSSR count). The zero-order valence-corrected chi connectivity index (χ0v) is 12.7. The van der Waals surface area contributed by atoms with E-state index < -0.39 is 0 Å². The number of esters is 1. The molecule has 1 N–H and O–H groups in total. The zero-order chi connectivity index (χ0) is 15.6. The van der Waals surface area contributed by atoms with Crippen molar-refractivity contribution in [3.05, 3.63) is 22.5 Å². The molecule has 0 aliphatic heterocycles. The SMILES string of the molecule is CC(=O)c1c(C)[nH]c(C(=O)COC(=O)C2CCCC2)c1C. The fourth-order valence-electron chi connectivity index (χ4n) is 3.05. The van der Waals surface area contributed by atoms with Crippen LogP contribution in [0.5, 0.6) is 0 Å². The Balaban J connectivity index is 2.02. The van der Waals surface area contributed by atoms with Crippen LogP contribution in [0.2, 0.25) is 0 Å². The number of hydrogen-bond donors (Lipinski definition) is 1. The van der Waals surface area contributed by atoms with Gasteiger partial charge in [-0.15, -0.1) is 0 Å². The highest BCUT2D eigenvalue weighted by molar-refractivity contribution is 6.04. The molecule has 1 fully saturated rings. The van der Waals surface area contributed by atoms with Gasteiger partial charge in [-0.1, -0.05) is 12.8 Å². The van der Waals surface area contributed by atoms with E-state index in [2.05, 4.69) is 4.98 Å². The average Bonchev–Trinajstić information content (AvgIpc) is 3.03. The molecular formula is C16H21NO4. The number of carbonyl (C=O) groups is 3. The molecule has 0 saturated heterocycles. The smallest absolute Gasteiger partial charge is 0.309 e. The molecule has 5 heteroatoms. The second-order valence-corrected chi connectivity index (χ2v) is 5.69. The van der Waals surface area contributed by atoms with E-state index in [-0.39, 0.29) is 30.1 Å².